The van der Waals surface area contributed by atoms with E-state index in [0.29, 0.717) is 0 Å². The third kappa shape index (κ3) is 3.39. The van der Waals surface area contributed by atoms with Gasteiger partial charge in [0, 0.05) is 12.6 Å². The van der Waals surface area contributed by atoms with E-state index < -0.39 is 32.9 Å². The summed E-state index contributed by atoms with van der Waals surface area (Å²) in [7, 11) is -2.80. The zero-order chi connectivity index (χ0) is 17.4. The summed E-state index contributed by atoms with van der Waals surface area (Å²) in [6.45, 7) is 0.0170. The molecule has 128 valence electrons. The first-order valence-electron chi connectivity index (χ1n) is 6.63. The minimum absolute atomic E-state index is 0.0170. The average Bonchev–Trinajstić information content (AvgIpc) is 2.96. The van der Waals surface area contributed by atoms with E-state index in [9.17, 15) is 31.7 Å². The SMILES string of the molecule is CNS(=O)(=O)c1ccc(N2CCCC2C(F)(F)F)c([N+](=O)[O-])c1. The number of nitro groups is 1. The second-order valence-corrected chi connectivity index (χ2v) is 6.89. The Morgan fingerprint density at radius 3 is 2.57 bits per heavy atom. The zero-order valence-corrected chi connectivity index (χ0v) is 12.8. The molecule has 1 aromatic rings. The van der Waals surface area contributed by atoms with Gasteiger partial charge in [0.1, 0.15) is 11.7 Å². The van der Waals surface area contributed by atoms with Crippen molar-refractivity contribution < 1.29 is 26.5 Å². The molecule has 23 heavy (non-hydrogen) atoms. The molecule has 1 aliphatic rings. The molecule has 1 aromatic carbocycles. The summed E-state index contributed by atoms with van der Waals surface area (Å²) in [6, 6.07) is 1.06. The Hall–Kier alpha value is -1.88. The minimum Gasteiger partial charge on any atom is -0.354 e. The molecule has 1 heterocycles. The molecule has 1 unspecified atom stereocenters. The van der Waals surface area contributed by atoms with Crippen molar-refractivity contribution >= 4 is 21.4 Å². The van der Waals surface area contributed by atoms with Crippen LogP contribution >= 0.6 is 0 Å². The molecule has 7 nitrogen and oxygen atoms in total. The molecule has 1 aliphatic heterocycles. The number of hydrogen-bond acceptors (Lipinski definition) is 5. The van der Waals surface area contributed by atoms with Crippen LogP contribution in [0.4, 0.5) is 24.5 Å². The maximum Gasteiger partial charge on any atom is 0.408 e. The Morgan fingerprint density at radius 1 is 1.39 bits per heavy atom. The highest BCUT2D eigenvalue weighted by Gasteiger charge is 2.47. The Balaban J connectivity index is 2.53. The number of sulfonamides is 1. The molecule has 0 aliphatic carbocycles. The Bertz CT molecular complexity index is 721. The molecule has 11 heteroatoms. The van der Waals surface area contributed by atoms with Gasteiger partial charge in [0.25, 0.3) is 5.69 Å². The highest BCUT2D eigenvalue weighted by Crippen LogP contribution is 2.40. The third-order valence-corrected chi connectivity index (χ3v) is 5.07. The topological polar surface area (TPSA) is 92.6 Å². The van der Waals surface area contributed by atoms with Gasteiger partial charge in [-0.15, -0.1) is 0 Å². The number of anilines is 1. The molecule has 2 rings (SSSR count). The fraction of sp³-hybridized carbons (Fsp3) is 0.500. The number of hydrogen-bond donors (Lipinski definition) is 1. The van der Waals surface area contributed by atoms with Crippen LogP contribution in [0.1, 0.15) is 12.8 Å². The van der Waals surface area contributed by atoms with E-state index in [1.807, 2.05) is 4.72 Å². The molecule has 0 aromatic heterocycles. The van der Waals surface area contributed by atoms with E-state index in [2.05, 4.69) is 0 Å². The van der Waals surface area contributed by atoms with Crippen molar-refractivity contribution in [2.45, 2.75) is 30.0 Å². The number of rotatable bonds is 4. The highest BCUT2D eigenvalue weighted by molar-refractivity contribution is 7.89. The van der Waals surface area contributed by atoms with Crippen molar-refractivity contribution in [3.05, 3.63) is 28.3 Å². The third-order valence-electron chi connectivity index (χ3n) is 3.66. The van der Waals surface area contributed by atoms with Crippen LogP contribution in [0, 0.1) is 10.1 Å². The summed E-state index contributed by atoms with van der Waals surface area (Å²) in [6.07, 6.45) is -4.42. The van der Waals surface area contributed by atoms with Gasteiger partial charge in [-0.05, 0) is 32.0 Å². The van der Waals surface area contributed by atoms with Crippen LogP contribution in [0.5, 0.6) is 0 Å². The largest absolute Gasteiger partial charge is 0.408 e. The van der Waals surface area contributed by atoms with E-state index in [1.165, 1.54) is 0 Å². The fourth-order valence-electron chi connectivity index (χ4n) is 2.57. The summed E-state index contributed by atoms with van der Waals surface area (Å²) >= 11 is 0. The van der Waals surface area contributed by atoms with Crippen LogP contribution in [0.2, 0.25) is 0 Å². The average molecular weight is 353 g/mol. The second kappa shape index (κ2) is 5.96. The molecule has 1 saturated heterocycles. The van der Waals surface area contributed by atoms with Gasteiger partial charge in [-0.25, -0.2) is 13.1 Å². The first-order valence-corrected chi connectivity index (χ1v) is 8.11. The summed E-state index contributed by atoms with van der Waals surface area (Å²) in [5.74, 6) is 0. The van der Waals surface area contributed by atoms with E-state index in [1.54, 1.807) is 0 Å². The summed E-state index contributed by atoms with van der Waals surface area (Å²) in [5.41, 5.74) is -0.901. The van der Waals surface area contributed by atoms with E-state index in [4.69, 9.17) is 0 Å². The van der Waals surface area contributed by atoms with E-state index in [0.717, 1.165) is 30.1 Å². The lowest BCUT2D eigenvalue weighted by Crippen LogP contribution is -2.41. The van der Waals surface area contributed by atoms with Gasteiger partial charge in [-0.2, -0.15) is 13.2 Å². The summed E-state index contributed by atoms with van der Waals surface area (Å²) < 4.78 is 64.5. The predicted molar refractivity (Wildman–Crippen MR) is 75.8 cm³/mol. The number of alkyl halides is 3. The predicted octanol–water partition coefficient (Wildman–Crippen LogP) is 2.03. The first-order chi connectivity index (χ1) is 10.6. The van der Waals surface area contributed by atoms with Crippen LogP contribution in [-0.2, 0) is 10.0 Å². The smallest absolute Gasteiger partial charge is 0.354 e. The normalized spacial score (nSPS) is 19.1. The van der Waals surface area contributed by atoms with Crippen LogP contribution in [-0.4, -0.2) is 39.2 Å². The molecule has 0 radical (unpaired) electrons. The number of nitro benzene ring substituents is 1. The van der Waals surface area contributed by atoms with Crippen LogP contribution in [0.25, 0.3) is 0 Å². The van der Waals surface area contributed by atoms with Crippen molar-refractivity contribution in [2.75, 3.05) is 18.5 Å². The first kappa shape index (κ1) is 17.5. The number of halogens is 3. The van der Waals surface area contributed by atoms with Crippen molar-refractivity contribution in [1.29, 1.82) is 0 Å². The number of benzene rings is 1. The molecule has 1 fully saturated rings. The lowest BCUT2D eigenvalue weighted by molar-refractivity contribution is -0.384. The standard InChI is InChI=1S/C12H14F3N3O4S/c1-16-23(21,22)8-4-5-9(10(7-8)18(19)20)17-6-2-3-11(17)12(13,14)15/h4-5,7,11,16H,2-3,6H2,1H3. The fourth-order valence-corrected chi connectivity index (χ4v) is 3.32. The molecule has 0 spiro atoms. The number of nitrogens with one attached hydrogen (secondary N) is 1. The molecule has 1 atom stereocenters. The summed E-state index contributed by atoms with van der Waals surface area (Å²) in [4.78, 5) is 10.8. The van der Waals surface area contributed by atoms with Crippen molar-refractivity contribution in [3.8, 4) is 0 Å². The Labute approximate surface area is 130 Å². The van der Waals surface area contributed by atoms with Crippen LogP contribution < -0.4 is 9.62 Å². The van der Waals surface area contributed by atoms with Gasteiger partial charge in [0.05, 0.1) is 9.82 Å². The van der Waals surface area contributed by atoms with Crippen LogP contribution in [0.3, 0.4) is 0 Å². The maximum absolute atomic E-state index is 13.0. The van der Waals surface area contributed by atoms with Gasteiger partial charge >= 0.3 is 6.18 Å². The molecular weight excluding hydrogens is 339 g/mol. The molecule has 0 bridgehead atoms. The van der Waals surface area contributed by atoms with Gasteiger partial charge in [0.15, 0.2) is 0 Å². The second-order valence-electron chi connectivity index (χ2n) is 5.01. The maximum atomic E-state index is 13.0. The quantitative estimate of drug-likeness (QED) is 0.660. The van der Waals surface area contributed by atoms with Gasteiger partial charge in [0.2, 0.25) is 10.0 Å². The minimum atomic E-state index is -4.51. The lowest BCUT2D eigenvalue weighted by atomic mass is 10.2. The summed E-state index contributed by atoms with van der Waals surface area (Å²) in [5, 5.41) is 11.2. The number of nitrogens with zero attached hydrogens (tertiary/aromatic N) is 2. The van der Waals surface area contributed by atoms with Crippen LogP contribution in [0.15, 0.2) is 23.1 Å². The lowest BCUT2D eigenvalue weighted by Gasteiger charge is -2.28. The Kier molecular flexibility index (Phi) is 4.53. The molecule has 1 N–H and O–H groups in total. The monoisotopic (exact) mass is 353 g/mol. The van der Waals surface area contributed by atoms with Crippen molar-refractivity contribution in [2.24, 2.45) is 0 Å². The van der Waals surface area contributed by atoms with Gasteiger partial charge < -0.3 is 4.90 Å². The van der Waals surface area contributed by atoms with Gasteiger partial charge in [-0.1, -0.05) is 0 Å². The molecular formula is C12H14F3N3O4S. The van der Waals surface area contributed by atoms with Crippen molar-refractivity contribution in [3.63, 3.8) is 0 Å². The van der Waals surface area contributed by atoms with Gasteiger partial charge in [-0.3, -0.25) is 10.1 Å². The highest BCUT2D eigenvalue weighted by atomic mass is 32.2. The van der Waals surface area contributed by atoms with Crippen molar-refractivity contribution in [1.82, 2.24) is 4.72 Å². The molecule has 0 amide bonds. The van der Waals surface area contributed by atoms with E-state index in [-0.39, 0.29) is 30.0 Å². The molecule has 0 saturated carbocycles. The Morgan fingerprint density at radius 2 is 2.04 bits per heavy atom. The van der Waals surface area contributed by atoms with E-state index >= 15 is 0 Å². The zero-order valence-electron chi connectivity index (χ0n) is 12.0.